The van der Waals surface area contributed by atoms with Crippen molar-refractivity contribution in [3.8, 4) is 22.3 Å². The lowest BCUT2D eigenvalue weighted by Crippen LogP contribution is -2.36. The van der Waals surface area contributed by atoms with E-state index in [0.717, 1.165) is 33.4 Å². The number of aliphatic hydroxyl groups is 2. The molecule has 1 amide bonds. The minimum atomic E-state index is -1.18. The number of hydrogen-bond acceptors (Lipinski definition) is 5. The smallest absolute Gasteiger partial charge is 0.407 e. The van der Waals surface area contributed by atoms with Crippen LogP contribution in [0.2, 0.25) is 0 Å². The van der Waals surface area contributed by atoms with Crippen LogP contribution in [0.25, 0.3) is 22.3 Å². The molecule has 0 fully saturated rings. The number of rotatable bonds is 7. The fraction of sp³-hybridized carbons (Fsp3) is 0.172. The molecule has 1 aliphatic carbocycles. The molecule has 6 heteroatoms. The molecule has 1 aliphatic rings. The van der Waals surface area contributed by atoms with Crippen molar-refractivity contribution in [3.63, 3.8) is 0 Å². The van der Waals surface area contributed by atoms with E-state index in [9.17, 15) is 15.0 Å². The molecule has 0 saturated heterocycles. The number of amides is 1. The first-order chi connectivity index (χ1) is 17.1. The Morgan fingerprint density at radius 1 is 0.829 bits per heavy atom. The van der Waals surface area contributed by atoms with Gasteiger partial charge in [-0.2, -0.15) is 0 Å². The maximum absolute atomic E-state index is 12.4. The van der Waals surface area contributed by atoms with Gasteiger partial charge in [0.2, 0.25) is 0 Å². The van der Waals surface area contributed by atoms with Gasteiger partial charge < -0.3 is 20.3 Å². The predicted molar refractivity (Wildman–Crippen MR) is 134 cm³/mol. The zero-order valence-corrected chi connectivity index (χ0v) is 19.0. The van der Waals surface area contributed by atoms with E-state index in [2.05, 4.69) is 34.6 Å². The molecular weight excluding hydrogens is 440 g/mol. The van der Waals surface area contributed by atoms with Gasteiger partial charge in [-0.05, 0) is 51.1 Å². The van der Waals surface area contributed by atoms with Crippen LogP contribution in [0, 0.1) is 0 Å². The lowest BCUT2D eigenvalue weighted by molar-refractivity contribution is 0.0185. The first kappa shape index (κ1) is 22.8. The molecule has 0 aliphatic heterocycles. The predicted octanol–water partition coefficient (Wildman–Crippen LogP) is 4.68. The molecule has 1 aromatic heterocycles. The Bertz CT molecular complexity index is 1260. The van der Waals surface area contributed by atoms with Gasteiger partial charge in [0.15, 0.2) is 0 Å². The minimum Gasteiger partial charge on any atom is -0.449 e. The van der Waals surface area contributed by atoms with E-state index in [0.29, 0.717) is 5.56 Å². The van der Waals surface area contributed by atoms with Crippen LogP contribution in [0.5, 0.6) is 0 Å². The molecule has 176 valence electrons. The Balaban J connectivity index is 1.15. The summed E-state index contributed by atoms with van der Waals surface area (Å²) in [5.74, 6) is -0.0393. The molecule has 0 spiro atoms. The summed E-state index contributed by atoms with van der Waals surface area (Å²) in [6.07, 6.45) is 0.483. The summed E-state index contributed by atoms with van der Waals surface area (Å²) < 4.78 is 5.49. The number of benzene rings is 3. The number of carbonyl (C=O) groups is 1. The lowest BCUT2D eigenvalue weighted by Gasteiger charge is -2.19. The van der Waals surface area contributed by atoms with Gasteiger partial charge in [-0.1, -0.05) is 72.8 Å². The number of alkyl carbamates (subject to hydrolysis) is 1. The van der Waals surface area contributed by atoms with Gasteiger partial charge >= 0.3 is 6.09 Å². The molecule has 4 aromatic rings. The van der Waals surface area contributed by atoms with Crippen molar-refractivity contribution in [1.82, 2.24) is 10.3 Å². The first-order valence-corrected chi connectivity index (χ1v) is 11.6. The molecule has 1 heterocycles. The molecule has 2 unspecified atom stereocenters. The number of nitrogens with zero attached hydrogens (tertiary/aromatic N) is 1. The highest BCUT2D eigenvalue weighted by Crippen LogP contribution is 2.44. The van der Waals surface area contributed by atoms with Gasteiger partial charge in [-0.15, -0.1) is 0 Å². The molecule has 3 aromatic carbocycles. The Hall–Kier alpha value is -4.00. The summed E-state index contributed by atoms with van der Waals surface area (Å²) in [4.78, 5) is 16.4. The second-order valence-corrected chi connectivity index (χ2v) is 8.58. The number of aromatic nitrogens is 1. The second-order valence-electron chi connectivity index (χ2n) is 8.58. The van der Waals surface area contributed by atoms with Gasteiger partial charge in [0.05, 0.1) is 0 Å². The van der Waals surface area contributed by atoms with E-state index < -0.39 is 18.3 Å². The van der Waals surface area contributed by atoms with E-state index in [1.165, 1.54) is 0 Å². The molecule has 5 rings (SSSR count). The maximum atomic E-state index is 12.4. The van der Waals surface area contributed by atoms with E-state index in [1.54, 1.807) is 24.5 Å². The van der Waals surface area contributed by atoms with Crippen LogP contribution in [0.1, 0.15) is 28.7 Å². The Morgan fingerprint density at radius 2 is 1.40 bits per heavy atom. The van der Waals surface area contributed by atoms with E-state index in [-0.39, 0.29) is 19.1 Å². The average molecular weight is 467 g/mol. The third kappa shape index (κ3) is 4.80. The zero-order valence-electron chi connectivity index (χ0n) is 19.0. The fourth-order valence-corrected chi connectivity index (χ4v) is 4.59. The summed E-state index contributed by atoms with van der Waals surface area (Å²) in [7, 11) is 0. The van der Waals surface area contributed by atoms with Crippen LogP contribution >= 0.6 is 0 Å². The summed E-state index contributed by atoms with van der Waals surface area (Å²) in [6.45, 7) is 0.0545. The highest BCUT2D eigenvalue weighted by Gasteiger charge is 2.29. The van der Waals surface area contributed by atoms with Crippen molar-refractivity contribution in [2.24, 2.45) is 0 Å². The van der Waals surface area contributed by atoms with Crippen molar-refractivity contribution < 1.29 is 19.7 Å². The average Bonchev–Trinajstić information content (AvgIpc) is 3.24. The van der Waals surface area contributed by atoms with E-state index in [1.807, 2.05) is 48.5 Å². The molecule has 0 radical (unpaired) electrons. The Kier molecular flexibility index (Phi) is 6.57. The van der Waals surface area contributed by atoms with Crippen LogP contribution in [0.3, 0.4) is 0 Å². The number of fused-ring (bicyclic) bond motifs is 3. The maximum Gasteiger partial charge on any atom is 0.407 e. The lowest BCUT2D eigenvalue weighted by atomic mass is 9.98. The topological polar surface area (TPSA) is 91.7 Å². The highest BCUT2D eigenvalue weighted by molar-refractivity contribution is 5.79. The highest BCUT2D eigenvalue weighted by atomic mass is 16.5. The summed E-state index contributed by atoms with van der Waals surface area (Å²) in [5.41, 5.74) is 7.13. The van der Waals surface area contributed by atoms with Gasteiger partial charge in [0, 0.05) is 24.9 Å². The third-order valence-corrected chi connectivity index (χ3v) is 6.43. The van der Waals surface area contributed by atoms with Crippen LogP contribution < -0.4 is 5.32 Å². The van der Waals surface area contributed by atoms with Crippen molar-refractivity contribution >= 4 is 6.09 Å². The third-order valence-electron chi connectivity index (χ3n) is 6.43. The number of carbonyl (C=O) groups excluding carboxylic acids is 1. The summed E-state index contributed by atoms with van der Waals surface area (Å²) in [5, 5.41) is 23.5. The zero-order chi connectivity index (χ0) is 24.2. The van der Waals surface area contributed by atoms with E-state index >= 15 is 0 Å². The summed E-state index contributed by atoms with van der Waals surface area (Å²) in [6, 6.07) is 27.3. The first-order valence-electron chi connectivity index (χ1n) is 11.6. The number of hydrogen-bond donors (Lipinski definition) is 3. The largest absolute Gasteiger partial charge is 0.449 e. The van der Waals surface area contributed by atoms with Crippen LogP contribution in [0.15, 0.2) is 97.3 Å². The molecular formula is C29H26N2O4. The monoisotopic (exact) mass is 466 g/mol. The molecule has 2 atom stereocenters. The summed E-state index contributed by atoms with van der Waals surface area (Å²) >= 11 is 0. The molecule has 0 bridgehead atoms. The molecule has 35 heavy (non-hydrogen) atoms. The van der Waals surface area contributed by atoms with Gasteiger partial charge in [0.1, 0.15) is 18.8 Å². The fourth-order valence-electron chi connectivity index (χ4n) is 4.59. The van der Waals surface area contributed by atoms with Crippen molar-refractivity contribution in [2.45, 2.75) is 18.1 Å². The Labute approximate surface area is 203 Å². The normalized spacial score (nSPS) is 14.0. The number of aliphatic hydroxyl groups excluding tert-OH is 2. The van der Waals surface area contributed by atoms with Crippen LogP contribution in [0.4, 0.5) is 4.79 Å². The quantitative estimate of drug-likeness (QED) is 0.368. The number of nitrogens with one attached hydrogen (secondary N) is 1. The van der Waals surface area contributed by atoms with Gasteiger partial charge in [0.25, 0.3) is 0 Å². The molecule has 0 saturated carbocycles. The van der Waals surface area contributed by atoms with Gasteiger partial charge in [-0.25, -0.2) is 4.79 Å². The van der Waals surface area contributed by atoms with Crippen molar-refractivity contribution in [2.75, 3.05) is 13.2 Å². The van der Waals surface area contributed by atoms with Gasteiger partial charge in [-0.3, -0.25) is 4.98 Å². The second kappa shape index (κ2) is 10.1. The van der Waals surface area contributed by atoms with Crippen LogP contribution in [-0.2, 0) is 4.74 Å². The molecule has 3 N–H and O–H groups in total. The number of ether oxygens (including phenoxy) is 1. The van der Waals surface area contributed by atoms with Crippen molar-refractivity contribution in [1.29, 1.82) is 0 Å². The number of pyridine rings is 1. The SMILES string of the molecule is O=C(NCC(O)C(O)c1ccc(-c2ccncc2)cc1)OCC1c2ccccc2-c2ccccc21. The van der Waals surface area contributed by atoms with E-state index in [4.69, 9.17) is 4.74 Å². The molecule has 6 nitrogen and oxygen atoms in total. The Morgan fingerprint density at radius 3 is 2.03 bits per heavy atom. The van der Waals surface area contributed by atoms with Crippen molar-refractivity contribution in [3.05, 3.63) is 114 Å². The standard InChI is InChI=1S/C29H26N2O4/c32-27(28(33)21-11-9-19(10-12-21)20-13-15-30-16-14-20)17-31-29(34)35-18-26-24-7-3-1-5-22(24)23-6-2-4-8-25(23)26/h1-16,26-28,32-33H,17-18H2,(H,31,34). The van der Waals surface area contributed by atoms with Crippen LogP contribution in [-0.4, -0.2) is 40.5 Å². The minimum absolute atomic E-state index is 0.0393.